The summed E-state index contributed by atoms with van der Waals surface area (Å²) in [6, 6.07) is 1.38. The molecule has 1 amide bonds. The number of aryl methyl sites for hydroxylation is 1. The topological polar surface area (TPSA) is 68.0 Å². The smallest absolute Gasteiger partial charge is 0.257 e. The van der Waals surface area contributed by atoms with Crippen LogP contribution in [0, 0.1) is 17.5 Å². The third-order valence-corrected chi connectivity index (χ3v) is 4.48. The molecule has 0 spiro atoms. The Kier molecular flexibility index (Phi) is 5.28. The lowest BCUT2D eigenvalue weighted by molar-refractivity contribution is 0.102. The number of nitrogens with one attached hydrogen (secondary N) is 1. The van der Waals surface area contributed by atoms with E-state index in [2.05, 4.69) is 10.3 Å². The maximum atomic E-state index is 13.1. The van der Waals surface area contributed by atoms with Gasteiger partial charge in [0.25, 0.3) is 5.91 Å². The van der Waals surface area contributed by atoms with Crippen LogP contribution in [0.4, 0.5) is 18.3 Å². The molecule has 0 aliphatic heterocycles. The van der Waals surface area contributed by atoms with Crippen molar-refractivity contribution >= 4 is 34.8 Å². The number of nitrogens with two attached hydrogens (primary N) is 1. The number of rotatable bonds is 2. The molecule has 1 aromatic carbocycles. The fourth-order valence-electron chi connectivity index (χ4n) is 2.31. The molecule has 124 valence electrons. The van der Waals surface area contributed by atoms with Crippen LogP contribution < -0.4 is 11.1 Å². The summed E-state index contributed by atoms with van der Waals surface area (Å²) >= 11 is 1.29. The Balaban J connectivity index is 0.00000192. The van der Waals surface area contributed by atoms with Gasteiger partial charge in [0.2, 0.25) is 0 Å². The number of nitrogens with zero attached hydrogens (tertiary/aromatic N) is 1. The molecule has 0 saturated carbocycles. The van der Waals surface area contributed by atoms with Crippen LogP contribution in [0.25, 0.3) is 0 Å². The van der Waals surface area contributed by atoms with E-state index >= 15 is 0 Å². The highest BCUT2D eigenvalue weighted by Crippen LogP contribution is 2.29. The molecule has 0 bridgehead atoms. The molecular formula is C14H13ClF3N3OS. The average molecular weight is 364 g/mol. The quantitative estimate of drug-likeness (QED) is 0.806. The van der Waals surface area contributed by atoms with E-state index in [0.717, 1.165) is 23.4 Å². The molecule has 1 atom stereocenters. The van der Waals surface area contributed by atoms with Gasteiger partial charge in [-0.1, -0.05) is 0 Å². The first-order valence-electron chi connectivity index (χ1n) is 6.64. The highest BCUT2D eigenvalue weighted by molar-refractivity contribution is 7.15. The van der Waals surface area contributed by atoms with Gasteiger partial charge in [-0.05, 0) is 31.4 Å². The van der Waals surface area contributed by atoms with Gasteiger partial charge in [0.1, 0.15) is 0 Å². The van der Waals surface area contributed by atoms with E-state index in [4.69, 9.17) is 5.73 Å². The van der Waals surface area contributed by atoms with E-state index in [1.54, 1.807) is 0 Å². The number of anilines is 1. The van der Waals surface area contributed by atoms with Crippen molar-refractivity contribution in [1.82, 2.24) is 4.98 Å². The monoisotopic (exact) mass is 363 g/mol. The summed E-state index contributed by atoms with van der Waals surface area (Å²) in [5.74, 6) is -5.16. The van der Waals surface area contributed by atoms with Gasteiger partial charge in [-0.2, -0.15) is 0 Å². The molecule has 1 aliphatic carbocycles. The number of amides is 1. The van der Waals surface area contributed by atoms with Crippen LogP contribution in [0.15, 0.2) is 12.1 Å². The maximum absolute atomic E-state index is 13.1. The van der Waals surface area contributed by atoms with E-state index in [0.29, 0.717) is 23.7 Å². The summed E-state index contributed by atoms with van der Waals surface area (Å²) in [4.78, 5) is 17.3. The van der Waals surface area contributed by atoms with E-state index in [-0.39, 0.29) is 24.0 Å². The van der Waals surface area contributed by atoms with Crippen LogP contribution in [0.2, 0.25) is 0 Å². The standard InChI is InChI=1S/C14H12F3N3OS.ClH/c15-8-3-6(4-9(16)12(8)17)13(21)20-14-19-10-2-1-7(18)5-11(10)22-14;/h3-4,7H,1-2,5,18H2,(H,19,20,21);1H/t7-;/m0./s1. The molecule has 3 N–H and O–H groups in total. The molecule has 1 aromatic heterocycles. The molecule has 23 heavy (non-hydrogen) atoms. The fourth-order valence-corrected chi connectivity index (χ4v) is 3.41. The molecule has 0 saturated heterocycles. The number of thiazole rings is 1. The minimum atomic E-state index is -1.60. The predicted molar refractivity (Wildman–Crippen MR) is 83.6 cm³/mol. The molecule has 0 radical (unpaired) electrons. The van der Waals surface area contributed by atoms with Crippen molar-refractivity contribution in [2.24, 2.45) is 5.73 Å². The summed E-state index contributed by atoms with van der Waals surface area (Å²) in [6.45, 7) is 0. The van der Waals surface area contributed by atoms with Crippen LogP contribution in [0.5, 0.6) is 0 Å². The Hall–Kier alpha value is -1.64. The Morgan fingerprint density at radius 2 is 1.96 bits per heavy atom. The van der Waals surface area contributed by atoms with Gasteiger partial charge < -0.3 is 5.73 Å². The van der Waals surface area contributed by atoms with Crippen LogP contribution in [0.3, 0.4) is 0 Å². The Morgan fingerprint density at radius 3 is 2.61 bits per heavy atom. The minimum Gasteiger partial charge on any atom is -0.327 e. The molecular weight excluding hydrogens is 351 g/mol. The number of halogens is 4. The third-order valence-electron chi connectivity index (χ3n) is 3.44. The number of benzene rings is 1. The average Bonchev–Trinajstić information content (AvgIpc) is 2.85. The Bertz CT molecular complexity index is 730. The summed E-state index contributed by atoms with van der Waals surface area (Å²) < 4.78 is 39.2. The van der Waals surface area contributed by atoms with Crippen LogP contribution in [-0.4, -0.2) is 16.9 Å². The number of hydrogen-bond acceptors (Lipinski definition) is 4. The lowest BCUT2D eigenvalue weighted by Gasteiger charge is -2.15. The van der Waals surface area contributed by atoms with Crippen LogP contribution in [-0.2, 0) is 12.8 Å². The highest BCUT2D eigenvalue weighted by atomic mass is 35.5. The second kappa shape index (κ2) is 6.86. The predicted octanol–water partition coefficient (Wildman–Crippen LogP) is 3.05. The van der Waals surface area contributed by atoms with E-state index in [9.17, 15) is 18.0 Å². The number of aromatic nitrogens is 1. The fraction of sp³-hybridized carbons (Fsp3) is 0.286. The molecule has 1 aliphatic rings. The second-order valence-electron chi connectivity index (χ2n) is 5.10. The Labute approximate surface area is 140 Å². The van der Waals surface area contributed by atoms with Crippen molar-refractivity contribution in [2.45, 2.75) is 25.3 Å². The lowest BCUT2D eigenvalue weighted by atomic mass is 9.99. The number of fused-ring (bicyclic) bond motifs is 1. The molecule has 0 fully saturated rings. The molecule has 9 heteroatoms. The molecule has 3 rings (SSSR count). The van der Waals surface area contributed by atoms with Crippen molar-refractivity contribution in [2.75, 3.05) is 5.32 Å². The molecule has 1 heterocycles. The molecule has 2 aromatic rings. The van der Waals surface area contributed by atoms with Crippen molar-refractivity contribution < 1.29 is 18.0 Å². The van der Waals surface area contributed by atoms with Crippen molar-refractivity contribution in [1.29, 1.82) is 0 Å². The Morgan fingerprint density at radius 1 is 1.30 bits per heavy atom. The van der Waals surface area contributed by atoms with Crippen molar-refractivity contribution in [3.05, 3.63) is 45.7 Å². The van der Waals surface area contributed by atoms with Gasteiger partial charge >= 0.3 is 0 Å². The zero-order valence-corrected chi connectivity index (χ0v) is 13.4. The van der Waals surface area contributed by atoms with Crippen LogP contribution >= 0.6 is 23.7 Å². The van der Waals surface area contributed by atoms with E-state index < -0.39 is 23.4 Å². The van der Waals surface area contributed by atoms with Gasteiger partial charge in [-0.3, -0.25) is 10.1 Å². The van der Waals surface area contributed by atoms with Gasteiger partial charge in [0.15, 0.2) is 22.6 Å². The maximum Gasteiger partial charge on any atom is 0.257 e. The largest absolute Gasteiger partial charge is 0.327 e. The minimum absolute atomic E-state index is 0. The zero-order chi connectivity index (χ0) is 15.9. The first-order chi connectivity index (χ1) is 10.4. The van der Waals surface area contributed by atoms with E-state index in [1.165, 1.54) is 11.3 Å². The normalized spacial score (nSPS) is 16.4. The van der Waals surface area contributed by atoms with Gasteiger partial charge in [0, 0.05) is 16.5 Å². The summed E-state index contributed by atoms with van der Waals surface area (Å²) in [6.07, 6.45) is 2.27. The lowest BCUT2D eigenvalue weighted by Crippen LogP contribution is -2.27. The van der Waals surface area contributed by atoms with Crippen molar-refractivity contribution in [3.8, 4) is 0 Å². The van der Waals surface area contributed by atoms with Crippen molar-refractivity contribution in [3.63, 3.8) is 0 Å². The van der Waals surface area contributed by atoms with Crippen LogP contribution in [0.1, 0.15) is 27.3 Å². The van der Waals surface area contributed by atoms with Gasteiger partial charge in [-0.25, -0.2) is 18.2 Å². The number of carbonyl (C=O) groups excluding carboxylic acids is 1. The first-order valence-corrected chi connectivity index (χ1v) is 7.45. The van der Waals surface area contributed by atoms with Gasteiger partial charge in [0.05, 0.1) is 5.69 Å². The number of carbonyl (C=O) groups is 1. The third kappa shape index (κ3) is 3.65. The zero-order valence-electron chi connectivity index (χ0n) is 11.7. The van der Waals surface area contributed by atoms with E-state index in [1.807, 2.05) is 0 Å². The second-order valence-corrected chi connectivity index (χ2v) is 6.18. The summed E-state index contributed by atoms with van der Waals surface area (Å²) in [5.41, 5.74) is 6.45. The summed E-state index contributed by atoms with van der Waals surface area (Å²) in [7, 11) is 0. The molecule has 4 nitrogen and oxygen atoms in total. The number of hydrogen-bond donors (Lipinski definition) is 2. The first kappa shape index (κ1) is 17.7. The SMILES string of the molecule is Cl.N[C@H]1CCc2nc(NC(=O)c3cc(F)c(F)c(F)c3)sc2C1. The highest BCUT2D eigenvalue weighted by Gasteiger charge is 2.21. The summed E-state index contributed by atoms with van der Waals surface area (Å²) in [5, 5.41) is 2.82. The molecule has 0 unspecified atom stereocenters. The van der Waals surface area contributed by atoms with Gasteiger partial charge in [-0.15, -0.1) is 23.7 Å².